The van der Waals surface area contributed by atoms with Crippen LogP contribution in [0.25, 0.3) is 0 Å². The van der Waals surface area contributed by atoms with Gasteiger partial charge in [-0.3, -0.25) is 9.59 Å². The Bertz CT molecular complexity index is 1090. The number of halogens is 1. The van der Waals surface area contributed by atoms with Gasteiger partial charge < -0.3 is 14.2 Å². The Morgan fingerprint density at radius 1 is 0.970 bits per heavy atom. The zero-order chi connectivity index (χ0) is 23.2. The second kappa shape index (κ2) is 10.5. The zero-order valence-corrected chi connectivity index (χ0v) is 18.9. The average molecular weight is 449 g/mol. The average Bonchev–Trinajstić information content (AvgIpc) is 3.55. The molecule has 1 aliphatic carbocycles. The van der Waals surface area contributed by atoms with Crippen molar-refractivity contribution in [1.82, 2.24) is 9.80 Å². The van der Waals surface area contributed by atoms with Crippen LogP contribution in [0.4, 0.5) is 4.39 Å². The standard InChI is InChI=1S/C27H29FN2O3/c1-20-11-14-23(33-20)18-29(16-15-21-7-3-2-4-8-21)26(31)19-30(17-22-12-13-22)27(32)24-9-5-6-10-25(24)28/h2-11,14,22H,12-13,15-19H2,1H3. The molecule has 0 N–H and O–H groups in total. The first-order chi connectivity index (χ1) is 16.0. The monoisotopic (exact) mass is 448 g/mol. The lowest BCUT2D eigenvalue weighted by Gasteiger charge is -2.27. The summed E-state index contributed by atoms with van der Waals surface area (Å²) in [5, 5.41) is 0. The maximum absolute atomic E-state index is 14.3. The highest BCUT2D eigenvalue weighted by molar-refractivity contribution is 5.96. The third-order valence-electron chi connectivity index (χ3n) is 5.90. The van der Waals surface area contributed by atoms with E-state index in [0.717, 1.165) is 24.2 Å². The summed E-state index contributed by atoms with van der Waals surface area (Å²) < 4.78 is 20.0. The van der Waals surface area contributed by atoms with Crippen LogP contribution in [-0.2, 0) is 17.8 Å². The first kappa shape index (κ1) is 22.8. The highest BCUT2D eigenvalue weighted by Crippen LogP contribution is 2.30. The fourth-order valence-corrected chi connectivity index (χ4v) is 3.86. The molecule has 2 amide bonds. The Kier molecular flexibility index (Phi) is 7.23. The van der Waals surface area contributed by atoms with Crippen LogP contribution in [0.15, 0.2) is 71.1 Å². The first-order valence-corrected chi connectivity index (χ1v) is 11.4. The number of benzene rings is 2. The molecule has 2 aromatic carbocycles. The van der Waals surface area contributed by atoms with Crippen molar-refractivity contribution in [3.8, 4) is 0 Å². The van der Waals surface area contributed by atoms with Crippen molar-refractivity contribution in [3.63, 3.8) is 0 Å². The molecule has 1 heterocycles. The van der Waals surface area contributed by atoms with E-state index in [1.54, 1.807) is 17.0 Å². The Hall–Kier alpha value is -3.41. The molecule has 0 saturated heterocycles. The van der Waals surface area contributed by atoms with Gasteiger partial charge >= 0.3 is 0 Å². The van der Waals surface area contributed by atoms with Gasteiger partial charge in [-0.2, -0.15) is 0 Å². The smallest absolute Gasteiger partial charge is 0.257 e. The quantitative estimate of drug-likeness (QED) is 0.446. The molecule has 0 atom stereocenters. The van der Waals surface area contributed by atoms with Gasteiger partial charge in [-0.1, -0.05) is 42.5 Å². The number of nitrogens with zero attached hydrogens (tertiary/aromatic N) is 2. The van der Waals surface area contributed by atoms with Crippen molar-refractivity contribution >= 4 is 11.8 Å². The maximum Gasteiger partial charge on any atom is 0.257 e. The number of hydrogen-bond acceptors (Lipinski definition) is 3. The Labute approximate surface area is 193 Å². The lowest BCUT2D eigenvalue weighted by Crippen LogP contribution is -2.44. The van der Waals surface area contributed by atoms with Crippen LogP contribution in [0, 0.1) is 18.7 Å². The molecule has 1 aliphatic rings. The van der Waals surface area contributed by atoms with Crippen molar-refractivity contribution in [2.45, 2.75) is 32.7 Å². The van der Waals surface area contributed by atoms with Gasteiger partial charge in [0.05, 0.1) is 12.1 Å². The molecular weight excluding hydrogens is 419 g/mol. The van der Waals surface area contributed by atoms with E-state index in [4.69, 9.17) is 4.42 Å². The summed E-state index contributed by atoms with van der Waals surface area (Å²) in [7, 11) is 0. The summed E-state index contributed by atoms with van der Waals surface area (Å²) in [6.07, 6.45) is 2.74. The molecule has 1 aromatic heterocycles. The minimum Gasteiger partial charge on any atom is -0.464 e. The van der Waals surface area contributed by atoms with Crippen LogP contribution in [0.2, 0.25) is 0 Å². The van der Waals surface area contributed by atoms with Gasteiger partial charge in [-0.15, -0.1) is 0 Å². The van der Waals surface area contributed by atoms with Crippen molar-refractivity contribution in [1.29, 1.82) is 0 Å². The van der Waals surface area contributed by atoms with E-state index in [2.05, 4.69) is 0 Å². The van der Waals surface area contributed by atoms with Crippen molar-refractivity contribution in [2.75, 3.05) is 19.6 Å². The summed E-state index contributed by atoms with van der Waals surface area (Å²) in [6, 6.07) is 19.6. The van der Waals surface area contributed by atoms with Crippen LogP contribution in [0.5, 0.6) is 0 Å². The molecule has 172 valence electrons. The maximum atomic E-state index is 14.3. The van der Waals surface area contributed by atoms with E-state index in [9.17, 15) is 14.0 Å². The number of carbonyl (C=O) groups excluding carboxylic acids is 2. The molecule has 1 saturated carbocycles. The van der Waals surface area contributed by atoms with Gasteiger partial charge in [0.2, 0.25) is 5.91 Å². The Balaban J connectivity index is 1.50. The summed E-state index contributed by atoms with van der Waals surface area (Å²) in [4.78, 5) is 29.8. The summed E-state index contributed by atoms with van der Waals surface area (Å²) in [5.41, 5.74) is 1.13. The lowest BCUT2D eigenvalue weighted by molar-refractivity contribution is -0.132. The molecule has 0 spiro atoms. The van der Waals surface area contributed by atoms with Gasteiger partial charge in [0.1, 0.15) is 23.9 Å². The highest BCUT2D eigenvalue weighted by Gasteiger charge is 2.30. The largest absolute Gasteiger partial charge is 0.464 e. The van der Waals surface area contributed by atoms with E-state index >= 15 is 0 Å². The van der Waals surface area contributed by atoms with Gasteiger partial charge in [-0.25, -0.2) is 4.39 Å². The second-order valence-corrected chi connectivity index (χ2v) is 8.67. The Morgan fingerprint density at radius 3 is 2.36 bits per heavy atom. The van der Waals surface area contributed by atoms with Gasteiger partial charge in [0.15, 0.2) is 0 Å². The first-order valence-electron chi connectivity index (χ1n) is 11.4. The molecule has 0 radical (unpaired) electrons. The predicted molar refractivity (Wildman–Crippen MR) is 124 cm³/mol. The Morgan fingerprint density at radius 2 is 1.70 bits per heavy atom. The van der Waals surface area contributed by atoms with Crippen LogP contribution in [0.1, 0.15) is 40.3 Å². The SMILES string of the molecule is Cc1ccc(CN(CCc2ccccc2)C(=O)CN(CC2CC2)C(=O)c2ccccc2F)o1. The van der Waals surface area contributed by atoms with E-state index in [1.165, 1.54) is 17.0 Å². The fourth-order valence-electron chi connectivity index (χ4n) is 3.86. The van der Waals surface area contributed by atoms with E-state index in [0.29, 0.717) is 37.7 Å². The zero-order valence-electron chi connectivity index (χ0n) is 18.9. The van der Waals surface area contributed by atoms with Crippen molar-refractivity contribution < 1.29 is 18.4 Å². The number of carbonyl (C=O) groups is 2. The van der Waals surface area contributed by atoms with Crippen LogP contribution in [-0.4, -0.2) is 41.2 Å². The summed E-state index contributed by atoms with van der Waals surface area (Å²) in [5.74, 6) is 0.672. The highest BCUT2D eigenvalue weighted by atomic mass is 19.1. The third-order valence-corrected chi connectivity index (χ3v) is 5.90. The molecule has 4 rings (SSSR count). The van der Waals surface area contributed by atoms with Gasteiger partial charge in [-0.05, 0) is 61.9 Å². The molecule has 1 fully saturated rings. The van der Waals surface area contributed by atoms with Crippen molar-refractivity contribution in [2.24, 2.45) is 5.92 Å². The normalized spacial score (nSPS) is 13.0. The number of amides is 2. The topological polar surface area (TPSA) is 53.8 Å². The minimum atomic E-state index is -0.567. The molecule has 0 aliphatic heterocycles. The summed E-state index contributed by atoms with van der Waals surface area (Å²) in [6.45, 7) is 3.06. The molecule has 0 unspecified atom stereocenters. The van der Waals surface area contributed by atoms with Crippen LogP contribution >= 0.6 is 0 Å². The number of rotatable bonds is 10. The molecular formula is C27H29FN2O3. The van der Waals surface area contributed by atoms with E-state index in [1.807, 2.05) is 49.4 Å². The number of hydrogen-bond donors (Lipinski definition) is 0. The molecule has 5 nitrogen and oxygen atoms in total. The van der Waals surface area contributed by atoms with Crippen LogP contribution < -0.4 is 0 Å². The van der Waals surface area contributed by atoms with E-state index < -0.39 is 11.7 Å². The molecule has 33 heavy (non-hydrogen) atoms. The van der Waals surface area contributed by atoms with Crippen molar-refractivity contribution in [3.05, 3.63) is 95.2 Å². The summed E-state index contributed by atoms with van der Waals surface area (Å²) >= 11 is 0. The van der Waals surface area contributed by atoms with Gasteiger partial charge in [0.25, 0.3) is 5.91 Å². The predicted octanol–water partition coefficient (Wildman–Crippen LogP) is 4.85. The number of aryl methyl sites for hydroxylation is 1. The third kappa shape index (κ3) is 6.31. The van der Waals surface area contributed by atoms with Gasteiger partial charge in [0, 0.05) is 13.1 Å². The van der Waals surface area contributed by atoms with Crippen LogP contribution in [0.3, 0.4) is 0 Å². The molecule has 0 bridgehead atoms. The molecule has 6 heteroatoms. The number of furan rings is 1. The minimum absolute atomic E-state index is 0.00319. The molecule has 3 aromatic rings. The second-order valence-electron chi connectivity index (χ2n) is 8.67. The fraction of sp³-hybridized carbons (Fsp3) is 0.333. The van der Waals surface area contributed by atoms with E-state index in [-0.39, 0.29) is 18.0 Å². The lowest BCUT2D eigenvalue weighted by atomic mass is 10.1.